The molecule has 1 saturated heterocycles. The zero-order chi connectivity index (χ0) is 14.7. The van der Waals surface area contributed by atoms with Gasteiger partial charge in [-0.3, -0.25) is 4.40 Å². The Kier molecular flexibility index (Phi) is 5.24. The molecule has 3 heterocycles. The molecule has 1 aliphatic heterocycles. The van der Waals surface area contributed by atoms with Crippen LogP contribution in [0.3, 0.4) is 0 Å². The van der Waals surface area contributed by atoms with Crippen LogP contribution in [0.4, 0.5) is 0 Å². The van der Waals surface area contributed by atoms with Crippen LogP contribution < -0.4 is 0 Å². The molecule has 0 radical (unpaired) electrons. The minimum absolute atomic E-state index is 0.265. The van der Waals surface area contributed by atoms with Crippen LogP contribution in [0.1, 0.15) is 12.8 Å². The maximum absolute atomic E-state index is 6.08. The second kappa shape index (κ2) is 7.15. The fraction of sp³-hybridized carbons (Fsp3) is 0.538. The van der Waals surface area contributed by atoms with Crippen molar-refractivity contribution in [3.63, 3.8) is 0 Å². The lowest BCUT2D eigenvalue weighted by atomic mass is 10.2. The van der Waals surface area contributed by atoms with E-state index in [1.165, 1.54) is 0 Å². The van der Waals surface area contributed by atoms with E-state index >= 15 is 0 Å². The fourth-order valence-corrected chi connectivity index (χ4v) is 3.45. The number of pyridine rings is 1. The van der Waals surface area contributed by atoms with Crippen LogP contribution >= 0.6 is 35.0 Å². The molecule has 2 aromatic rings. The number of hydrogen-bond acceptors (Lipinski definition) is 5. The Hall–Kier alpha value is -0.530. The first-order chi connectivity index (χ1) is 10.2. The van der Waals surface area contributed by atoms with Crippen LogP contribution in [0.25, 0.3) is 5.65 Å². The Morgan fingerprint density at radius 3 is 3.14 bits per heavy atom. The molecule has 0 N–H and O–H groups in total. The molecule has 0 unspecified atom stereocenters. The third kappa shape index (κ3) is 3.81. The van der Waals surface area contributed by atoms with Gasteiger partial charge in [-0.15, -0.1) is 10.2 Å². The minimum atomic E-state index is 0.265. The van der Waals surface area contributed by atoms with E-state index in [0.717, 1.165) is 30.4 Å². The van der Waals surface area contributed by atoms with Crippen LogP contribution in [0, 0.1) is 0 Å². The number of rotatable bonds is 6. The predicted octanol–water partition coefficient (Wildman–Crippen LogP) is 3.32. The largest absolute Gasteiger partial charge is 0.378 e. The number of ether oxygens (including phenoxy) is 2. The van der Waals surface area contributed by atoms with Gasteiger partial charge in [0.1, 0.15) is 0 Å². The summed E-state index contributed by atoms with van der Waals surface area (Å²) < 4.78 is 12.9. The van der Waals surface area contributed by atoms with Crippen LogP contribution in [0.15, 0.2) is 17.4 Å². The molecule has 0 amide bonds. The summed E-state index contributed by atoms with van der Waals surface area (Å²) in [5.41, 5.74) is 0.615. The first kappa shape index (κ1) is 15.4. The second-order valence-corrected chi connectivity index (χ2v) is 6.65. The van der Waals surface area contributed by atoms with E-state index in [4.69, 9.17) is 32.7 Å². The van der Waals surface area contributed by atoms with Crippen molar-refractivity contribution in [3.05, 3.63) is 22.3 Å². The fourth-order valence-electron chi connectivity index (χ4n) is 2.18. The molecule has 21 heavy (non-hydrogen) atoms. The van der Waals surface area contributed by atoms with Gasteiger partial charge in [0.2, 0.25) is 0 Å². The molecular formula is C13H15Cl2N3O2S. The van der Waals surface area contributed by atoms with Gasteiger partial charge in [-0.2, -0.15) is 0 Å². The predicted molar refractivity (Wildman–Crippen MR) is 83.5 cm³/mol. The molecule has 0 bridgehead atoms. The zero-order valence-electron chi connectivity index (χ0n) is 11.3. The summed E-state index contributed by atoms with van der Waals surface area (Å²) in [6.07, 6.45) is 4.26. The van der Waals surface area contributed by atoms with Gasteiger partial charge in [-0.1, -0.05) is 35.0 Å². The van der Waals surface area contributed by atoms with E-state index in [9.17, 15) is 0 Å². The summed E-state index contributed by atoms with van der Waals surface area (Å²) >= 11 is 13.6. The number of aromatic nitrogens is 3. The summed E-state index contributed by atoms with van der Waals surface area (Å²) in [5, 5.41) is 10.0. The average molecular weight is 348 g/mol. The number of thioether (sulfide) groups is 1. The highest BCUT2D eigenvalue weighted by molar-refractivity contribution is 7.99. The van der Waals surface area contributed by atoms with Crippen molar-refractivity contribution < 1.29 is 9.47 Å². The van der Waals surface area contributed by atoms with Gasteiger partial charge in [-0.05, 0) is 18.9 Å². The Labute approximate surface area is 136 Å². The highest BCUT2D eigenvalue weighted by Gasteiger charge is 2.15. The topological polar surface area (TPSA) is 48.7 Å². The molecule has 0 saturated carbocycles. The summed E-state index contributed by atoms with van der Waals surface area (Å²) in [6.45, 7) is 2.17. The van der Waals surface area contributed by atoms with Gasteiger partial charge < -0.3 is 9.47 Å². The van der Waals surface area contributed by atoms with Gasteiger partial charge in [-0.25, -0.2) is 0 Å². The van der Waals surface area contributed by atoms with E-state index in [1.807, 2.05) is 0 Å². The van der Waals surface area contributed by atoms with Crippen molar-refractivity contribution >= 4 is 40.6 Å². The van der Waals surface area contributed by atoms with E-state index in [-0.39, 0.29) is 6.10 Å². The summed E-state index contributed by atoms with van der Waals surface area (Å²) in [4.78, 5) is 0. The normalized spacial score (nSPS) is 18.7. The molecular weight excluding hydrogens is 333 g/mol. The number of nitrogens with zero attached hydrogens (tertiary/aromatic N) is 3. The zero-order valence-corrected chi connectivity index (χ0v) is 13.6. The smallest absolute Gasteiger partial charge is 0.195 e. The molecule has 0 aromatic carbocycles. The molecule has 1 fully saturated rings. The van der Waals surface area contributed by atoms with E-state index in [0.29, 0.717) is 28.9 Å². The van der Waals surface area contributed by atoms with Crippen molar-refractivity contribution in [2.45, 2.75) is 24.1 Å². The standard InChI is InChI=1S/C13H15Cl2N3O2S/c14-9-6-11(15)12-16-17-13(18(12)7-9)21-5-4-19-8-10-2-1-3-20-10/h6-7,10H,1-5,8H2/t10-/m1/s1. The Bertz CT molecular complexity index is 617. The van der Waals surface area contributed by atoms with Gasteiger partial charge in [0, 0.05) is 18.6 Å². The highest BCUT2D eigenvalue weighted by Crippen LogP contribution is 2.25. The average Bonchev–Trinajstić information content (AvgIpc) is 3.08. The molecule has 1 atom stereocenters. The molecule has 5 nitrogen and oxygen atoms in total. The van der Waals surface area contributed by atoms with Crippen molar-refractivity contribution in [1.29, 1.82) is 0 Å². The van der Waals surface area contributed by atoms with Gasteiger partial charge in [0.25, 0.3) is 0 Å². The number of halogens is 2. The minimum Gasteiger partial charge on any atom is -0.378 e. The van der Waals surface area contributed by atoms with Crippen molar-refractivity contribution in [1.82, 2.24) is 14.6 Å². The first-order valence-electron chi connectivity index (χ1n) is 6.76. The highest BCUT2D eigenvalue weighted by atomic mass is 35.5. The molecule has 1 aliphatic rings. The summed E-state index contributed by atoms with van der Waals surface area (Å²) in [6, 6.07) is 1.66. The van der Waals surface area contributed by atoms with Crippen LogP contribution in [0.2, 0.25) is 10.0 Å². The van der Waals surface area contributed by atoms with Crippen LogP contribution in [-0.4, -0.2) is 46.3 Å². The van der Waals surface area contributed by atoms with Crippen molar-refractivity contribution in [2.24, 2.45) is 0 Å². The lowest BCUT2D eigenvalue weighted by Gasteiger charge is -2.09. The van der Waals surface area contributed by atoms with Crippen LogP contribution in [0.5, 0.6) is 0 Å². The molecule has 0 spiro atoms. The molecule has 114 valence electrons. The SMILES string of the molecule is Clc1cc(Cl)c2nnc(SCCOC[C@H]3CCCO3)n2c1. The van der Waals surface area contributed by atoms with Gasteiger partial charge in [0.15, 0.2) is 10.8 Å². The maximum atomic E-state index is 6.08. The third-order valence-corrected chi connectivity index (χ3v) is 4.57. The monoisotopic (exact) mass is 347 g/mol. The quantitative estimate of drug-likeness (QED) is 0.592. The lowest BCUT2D eigenvalue weighted by molar-refractivity contribution is 0.0226. The first-order valence-corrected chi connectivity index (χ1v) is 8.50. The van der Waals surface area contributed by atoms with Crippen molar-refractivity contribution in [3.8, 4) is 0 Å². The number of fused-ring (bicyclic) bond motifs is 1. The summed E-state index contributed by atoms with van der Waals surface area (Å²) in [7, 11) is 0. The number of hydrogen-bond donors (Lipinski definition) is 0. The third-order valence-electron chi connectivity index (χ3n) is 3.18. The summed E-state index contributed by atoms with van der Waals surface area (Å²) in [5.74, 6) is 0.789. The Morgan fingerprint density at radius 1 is 1.43 bits per heavy atom. The van der Waals surface area contributed by atoms with E-state index < -0.39 is 0 Å². The maximum Gasteiger partial charge on any atom is 0.195 e. The Morgan fingerprint density at radius 2 is 2.33 bits per heavy atom. The lowest BCUT2D eigenvalue weighted by Crippen LogP contribution is -2.15. The van der Waals surface area contributed by atoms with Crippen molar-refractivity contribution in [2.75, 3.05) is 25.6 Å². The Balaban J connectivity index is 1.51. The molecule has 3 rings (SSSR count). The van der Waals surface area contributed by atoms with Gasteiger partial charge >= 0.3 is 0 Å². The van der Waals surface area contributed by atoms with E-state index in [1.54, 1.807) is 28.4 Å². The van der Waals surface area contributed by atoms with Crippen LogP contribution in [-0.2, 0) is 9.47 Å². The second-order valence-electron chi connectivity index (χ2n) is 4.74. The van der Waals surface area contributed by atoms with E-state index in [2.05, 4.69) is 10.2 Å². The molecule has 0 aliphatic carbocycles. The van der Waals surface area contributed by atoms with Gasteiger partial charge in [0.05, 0.1) is 29.4 Å². The molecule has 8 heteroatoms. The molecule has 2 aromatic heterocycles.